The Kier molecular flexibility index (Phi) is 5.28. The lowest BCUT2D eigenvalue weighted by Gasteiger charge is -2.06. The first kappa shape index (κ1) is 15.9. The number of aromatic nitrogens is 1. The molecule has 106 valence electrons. The van der Waals surface area contributed by atoms with Crippen LogP contribution in [0.5, 0.6) is 0 Å². The molecule has 0 spiro atoms. The highest BCUT2D eigenvalue weighted by Crippen LogP contribution is 2.33. The number of carbonyl (C=O) groups excluding carboxylic acids is 2. The fourth-order valence-electron chi connectivity index (χ4n) is 1.39. The number of nitrogens with two attached hydrogens (primary N) is 1. The highest BCUT2D eigenvalue weighted by atomic mass is 35.5. The Balaban J connectivity index is 0.00000180. The van der Waals surface area contributed by atoms with E-state index in [1.54, 1.807) is 12.3 Å². The van der Waals surface area contributed by atoms with E-state index >= 15 is 0 Å². The Labute approximate surface area is 121 Å². The van der Waals surface area contributed by atoms with E-state index in [-0.39, 0.29) is 30.7 Å². The standard InChI is InChI=1S/C11H15N3O3S.ClH/c1-2-17-8(15)5-7-6-18-10(13-7)14-9(16)11(12)3-4-11;/h6H,2-5,12H2,1H3,(H,13,14,16);1H. The molecule has 19 heavy (non-hydrogen) atoms. The number of esters is 1. The van der Waals surface area contributed by atoms with Gasteiger partial charge in [-0.3, -0.25) is 9.59 Å². The van der Waals surface area contributed by atoms with Crippen LogP contribution >= 0.6 is 23.7 Å². The number of hydrogen-bond acceptors (Lipinski definition) is 6. The fourth-order valence-corrected chi connectivity index (χ4v) is 2.09. The molecule has 1 aliphatic rings. The number of amides is 1. The van der Waals surface area contributed by atoms with Gasteiger partial charge in [-0.2, -0.15) is 0 Å². The van der Waals surface area contributed by atoms with E-state index in [0.29, 0.717) is 30.3 Å². The first-order valence-electron chi connectivity index (χ1n) is 5.74. The number of carbonyl (C=O) groups is 2. The Morgan fingerprint density at radius 2 is 2.26 bits per heavy atom. The number of thiazole rings is 1. The molecule has 1 aromatic heterocycles. The summed E-state index contributed by atoms with van der Waals surface area (Å²) in [5, 5.41) is 4.85. The molecule has 1 saturated carbocycles. The van der Waals surface area contributed by atoms with Gasteiger partial charge in [-0.05, 0) is 19.8 Å². The van der Waals surface area contributed by atoms with Crippen molar-refractivity contribution in [1.29, 1.82) is 0 Å². The van der Waals surface area contributed by atoms with Crippen LogP contribution in [0.25, 0.3) is 0 Å². The highest BCUT2D eigenvalue weighted by Gasteiger charge is 2.46. The van der Waals surface area contributed by atoms with Crippen LogP contribution in [0.3, 0.4) is 0 Å². The molecular formula is C11H16ClN3O3S. The number of hydrogen-bond donors (Lipinski definition) is 2. The van der Waals surface area contributed by atoms with Crippen LogP contribution in [0.2, 0.25) is 0 Å². The molecule has 0 unspecified atom stereocenters. The van der Waals surface area contributed by atoms with Crippen molar-refractivity contribution in [2.45, 2.75) is 31.7 Å². The third kappa shape index (κ3) is 4.15. The zero-order valence-corrected chi connectivity index (χ0v) is 12.1. The third-order valence-electron chi connectivity index (χ3n) is 2.64. The molecule has 8 heteroatoms. The SMILES string of the molecule is CCOC(=O)Cc1csc(NC(=O)C2(N)CC2)n1.Cl. The van der Waals surface area contributed by atoms with E-state index in [1.165, 1.54) is 11.3 Å². The van der Waals surface area contributed by atoms with Crippen molar-refractivity contribution in [2.24, 2.45) is 5.73 Å². The van der Waals surface area contributed by atoms with Gasteiger partial charge in [0.1, 0.15) is 0 Å². The van der Waals surface area contributed by atoms with Gasteiger partial charge in [-0.1, -0.05) is 0 Å². The number of rotatable bonds is 5. The largest absolute Gasteiger partial charge is 0.466 e. The number of halogens is 1. The molecular weight excluding hydrogens is 290 g/mol. The maximum Gasteiger partial charge on any atom is 0.311 e. The normalized spacial score (nSPS) is 15.3. The average Bonchev–Trinajstić information content (AvgIpc) is 2.91. The lowest BCUT2D eigenvalue weighted by molar-refractivity contribution is -0.142. The van der Waals surface area contributed by atoms with Crippen molar-refractivity contribution in [3.05, 3.63) is 11.1 Å². The lowest BCUT2D eigenvalue weighted by atomic mass is 10.3. The summed E-state index contributed by atoms with van der Waals surface area (Å²) in [5.41, 5.74) is 5.63. The van der Waals surface area contributed by atoms with Gasteiger partial charge in [-0.25, -0.2) is 4.98 Å². The molecule has 0 atom stereocenters. The maximum atomic E-state index is 11.7. The minimum absolute atomic E-state index is 0. The first-order valence-corrected chi connectivity index (χ1v) is 6.62. The lowest BCUT2D eigenvalue weighted by Crippen LogP contribution is -2.37. The predicted molar refractivity (Wildman–Crippen MR) is 74.5 cm³/mol. The Morgan fingerprint density at radius 1 is 1.58 bits per heavy atom. The molecule has 1 aliphatic carbocycles. The van der Waals surface area contributed by atoms with Gasteiger partial charge in [0.25, 0.3) is 0 Å². The summed E-state index contributed by atoms with van der Waals surface area (Å²) in [7, 11) is 0. The van der Waals surface area contributed by atoms with Crippen molar-refractivity contribution >= 4 is 40.8 Å². The summed E-state index contributed by atoms with van der Waals surface area (Å²) in [5.74, 6) is -0.530. The minimum atomic E-state index is -0.715. The van der Waals surface area contributed by atoms with Crippen LogP contribution < -0.4 is 11.1 Å². The Morgan fingerprint density at radius 3 is 2.84 bits per heavy atom. The Hall–Kier alpha value is -1.18. The molecule has 0 bridgehead atoms. The van der Waals surface area contributed by atoms with E-state index < -0.39 is 5.54 Å². The van der Waals surface area contributed by atoms with Gasteiger partial charge in [-0.15, -0.1) is 23.7 Å². The van der Waals surface area contributed by atoms with Gasteiger partial charge in [0.2, 0.25) is 5.91 Å². The average molecular weight is 306 g/mol. The summed E-state index contributed by atoms with van der Waals surface area (Å²) in [6.45, 7) is 2.10. The zero-order chi connectivity index (χ0) is 13.2. The summed E-state index contributed by atoms with van der Waals surface area (Å²) >= 11 is 1.28. The number of nitrogens with one attached hydrogen (secondary N) is 1. The van der Waals surface area contributed by atoms with Crippen molar-refractivity contribution in [1.82, 2.24) is 4.98 Å². The second-order valence-electron chi connectivity index (χ2n) is 4.24. The van der Waals surface area contributed by atoms with Crippen molar-refractivity contribution in [3.63, 3.8) is 0 Å². The zero-order valence-electron chi connectivity index (χ0n) is 10.5. The van der Waals surface area contributed by atoms with E-state index in [9.17, 15) is 9.59 Å². The van der Waals surface area contributed by atoms with Gasteiger partial charge >= 0.3 is 5.97 Å². The van der Waals surface area contributed by atoms with Crippen molar-refractivity contribution in [2.75, 3.05) is 11.9 Å². The smallest absolute Gasteiger partial charge is 0.311 e. The third-order valence-corrected chi connectivity index (χ3v) is 3.45. The molecule has 0 aliphatic heterocycles. The van der Waals surface area contributed by atoms with Crippen molar-refractivity contribution in [3.8, 4) is 0 Å². The van der Waals surface area contributed by atoms with Crippen LogP contribution in [0.4, 0.5) is 5.13 Å². The molecule has 1 aromatic rings. The summed E-state index contributed by atoms with van der Waals surface area (Å²) in [6, 6.07) is 0. The van der Waals surface area contributed by atoms with Gasteiger partial charge < -0.3 is 15.8 Å². The molecule has 1 fully saturated rings. The number of ether oxygens (including phenoxy) is 1. The topological polar surface area (TPSA) is 94.3 Å². The summed E-state index contributed by atoms with van der Waals surface area (Å²) in [4.78, 5) is 27.1. The molecule has 6 nitrogen and oxygen atoms in total. The van der Waals surface area contributed by atoms with E-state index in [2.05, 4.69) is 10.3 Å². The molecule has 1 amide bonds. The summed E-state index contributed by atoms with van der Waals surface area (Å²) in [6.07, 6.45) is 1.54. The van der Waals surface area contributed by atoms with Gasteiger partial charge in [0.15, 0.2) is 5.13 Å². The molecule has 0 radical (unpaired) electrons. The second kappa shape index (κ2) is 6.31. The summed E-state index contributed by atoms with van der Waals surface area (Å²) < 4.78 is 4.82. The molecule has 1 heterocycles. The number of nitrogens with zero attached hydrogens (tertiary/aromatic N) is 1. The van der Waals surface area contributed by atoms with E-state index in [1.807, 2.05) is 0 Å². The molecule has 3 N–H and O–H groups in total. The fraction of sp³-hybridized carbons (Fsp3) is 0.545. The Bertz CT molecular complexity index is 474. The van der Waals surface area contributed by atoms with Gasteiger partial charge in [0.05, 0.1) is 24.3 Å². The van der Waals surface area contributed by atoms with Crippen LogP contribution in [0, 0.1) is 0 Å². The van der Waals surface area contributed by atoms with Crippen LogP contribution in [-0.4, -0.2) is 29.0 Å². The van der Waals surface area contributed by atoms with E-state index in [4.69, 9.17) is 10.5 Å². The molecule has 0 saturated heterocycles. The van der Waals surface area contributed by atoms with Crippen molar-refractivity contribution < 1.29 is 14.3 Å². The van der Waals surface area contributed by atoms with Crippen LogP contribution in [-0.2, 0) is 20.7 Å². The molecule has 0 aromatic carbocycles. The quantitative estimate of drug-likeness (QED) is 0.794. The predicted octanol–water partition coefficient (Wildman–Crippen LogP) is 1.10. The first-order chi connectivity index (χ1) is 8.53. The second-order valence-corrected chi connectivity index (χ2v) is 5.09. The van der Waals surface area contributed by atoms with E-state index in [0.717, 1.165) is 0 Å². The highest BCUT2D eigenvalue weighted by molar-refractivity contribution is 7.14. The van der Waals surface area contributed by atoms with Gasteiger partial charge in [0, 0.05) is 5.38 Å². The minimum Gasteiger partial charge on any atom is -0.466 e. The van der Waals surface area contributed by atoms with Crippen LogP contribution in [0.1, 0.15) is 25.5 Å². The van der Waals surface area contributed by atoms with Crippen LogP contribution in [0.15, 0.2) is 5.38 Å². The molecule has 2 rings (SSSR count). The maximum absolute atomic E-state index is 11.7. The number of anilines is 1. The monoisotopic (exact) mass is 305 g/mol.